The Hall–Kier alpha value is -1.51. The Bertz CT molecular complexity index is 487. The molecular weight excluding hydrogens is 264 g/mol. The molecule has 21 heavy (non-hydrogen) atoms. The normalized spacial score (nSPS) is 22.7. The van der Waals surface area contributed by atoms with Crippen LogP contribution < -0.4 is 4.74 Å². The van der Waals surface area contributed by atoms with E-state index in [1.807, 2.05) is 32.9 Å². The lowest BCUT2D eigenvalue weighted by atomic mass is 9.81. The molecule has 3 nitrogen and oxygen atoms in total. The fourth-order valence-electron chi connectivity index (χ4n) is 2.99. The molecule has 2 atom stereocenters. The van der Waals surface area contributed by atoms with E-state index >= 15 is 0 Å². The summed E-state index contributed by atoms with van der Waals surface area (Å²) in [6.45, 7) is 7.62. The highest BCUT2D eigenvalue weighted by Gasteiger charge is 2.29. The number of hydrogen-bond donors (Lipinski definition) is 0. The second-order valence-corrected chi connectivity index (χ2v) is 6.83. The summed E-state index contributed by atoms with van der Waals surface area (Å²) >= 11 is 0. The standard InChI is InChI=1S/C18H26O3/c1-13(19)20-17-11-6-5-10-16(17)14-8-7-9-15(12-14)21-18(2,3)4/h7-9,12,16-17H,5-6,10-11H2,1-4H3. The lowest BCUT2D eigenvalue weighted by Crippen LogP contribution is -2.28. The van der Waals surface area contributed by atoms with Gasteiger partial charge in [0, 0.05) is 12.8 Å². The molecule has 0 radical (unpaired) electrons. The van der Waals surface area contributed by atoms with Gasteiger partial charge in [0.1, 0.15) is 17.5 Å². The van der Waals surface area contributed by atoms with Gasteiger partial charge in [-0.1, -0.05) is 18.6 Å². The summed E-state index contributed by atoms with van der Waals surface area (Å²) < 4.78 is 11.5. The minimum Gasteiger partial charge on any atom is -0.488 e. The molecule has 0 saturated heterocycles. The minimum absolute atomic E-state index is 0.00105. The average Bonchev–Trinajstić information content (AvgIpc) is 2.37. The molecule has 2 unspecified atom stereocenters. The Balaban J connectivity index is 2.18. The summed E-state index contributed by atoms with van der Waals surface area (Å²) in [5, 5.41) is 0. The number of esters is 1. The monoisotopic (exact) mass is 290 g/mol. The lowest BCUT2D eigenvalue weighted by Gasteiger charge is -2.31. The topological polar surface area (TPSA) is 35.5 Å². The molecule has 0 aliphatic heterocycles. The van der Waals surface area contributed by atoms with Crippen LogP contribution in [0.25, 0.3) is 0 Å². The van der Waals surface area contributed by atoms with Gasteiger partial charge < -0.3 is 9.47 Å². The number of carbonyl (C=O) groups is 1. The van der Waals surface area contributed by atoms with Gasteiger partial charge in [-0.2, -0.15) is 0 Å². The Labute approximate surface area is 127 Å². The molecule has 0 bridgehead atoms. The van der Waals surface area contributed by atoms with Crippen LogP contribution in [0.3, 0.4) is 0 Å². The molecule has 0 N–H and O–H groups in total. The van der Waals surface area contributed by atoms with Gasteiger partial charge in [0.25, 0.3) is 0 Å². The maximum Gasteiger partial charge on any atom is 0.302 e. The molecule has 1 aliphatic carbocycles. The number of rotatable bonds is 3. The second-order valence-electron chi connectivity index (χ2n) is 6.83. The average molecular weight is 290 g/mol. The van der Waals surface area contributed by atoms with Crippen molar-refractivity contribution in [3.63, 3.8) is 0 Å². The zero-order chi connectivity index (χ0) is 15.5. The predicted octanol–water partition coefficient (Wildman–Crippen LogP) is 4.45. The van der Waals surface area contributed by atoms with Crippen molar-refractivity contribution in [1.29, 1.82) is 0 Å². The molecule has 0 aromatic heterocycles. The van der Waals surface area contributed by atoms with Crippen molar-refractivity contribution in [2.24, 2.45) is 0 Å². The molecule has 3 heteroatoms. The third-order valence-corrected chi connectivity index (χ3v) is 3.73. The Morgan fingerprint density at radius 3 is 2.57 bits per heavy atom. The van der Waals surface area contributed by atoms with Crippen LogP contribution in [-0.2, 0) is 9.53 Å². The van der Waals surface area contributed by atoms with Crippen molar-refractivity contribution >= 4 is 5.97 Å². The summed E-state index contributed by atoms with van der Waals surface area (Å²) in [4.78, 5) is 11.3. The smallest absolute Gasteiger partial charge is 0.302 e. The molecule has 1 aliphatic rings. The zero-order valence-corrected chi connectivity index (χ0v) is 13.5. The Kier molecular flexibility index (Phi) is 4.92. The molecule has 116 valence electrons. The van der Waals surface area contributed by atoms with Gasteiger partial charge in [0.2, 0.25) is 0 Å². The Morgan fingerprint density at radius 2 is 1.90 bits per heavy atom. The Morgan fingerprint density at radius 1 is 1.19 bits per heavy atom. The molecule has 0 spiro atoms. The van der Waals surface area contributed by atoms with E-state index in [0.29, 0.717) is 0 Å². The van der Waals surface area contributed by atoms with E-state index in [-0.39, 0.29) is 23.6 Å². The van der Waals surface area contributed by atoms with Gasteiger partial charge in [0.05, 0.1) is 0 Å². The fourth-order valence-corrected chi connectivity index (χ4v) is 2.99. The van der Waals surface area contributed by atoms with Crippen molar-refractivity contribution in [2.45, 2.75) is 71.0 Å². The highest BCUT2D eigenvalue weighted by molar-refractivity contribution is 5.66. The third kappa shape index (κ3) is 4.76. The maximum atomic E-state index is 11.3. The summed E-state index contributed by atoms with van der Waals surface area (Å²) in [5.41, 5.74) is 1.00. The second kappa shape index (κ2) is 6.50. The first-order valence-electron chi connectivity index (χ1n) is 7.81. The van der Waals surface area contributed by atoms with E-state index in [1.165, 1.54) is 18.9 Å². The summed E-state index contributed by atoms with van der Waals surface area (Å²) in [6.07, 6.45) is 4.34. The van der Waals surface area contributed by atoms with Gasteiger partial charge in [-0.3, -0.25) is 4.79 Å². The molecule has 1 saturated carbocycles. The first kappa shape index (κ1) is 15.9. The van der Waals surface area contributed by atoms with E-state index in [9.17, 15) is 4.79 Å². The first-order chi connectivity index (χ1) is 9.85. The predicted molar refractivity (Wildman–Crippen MR) is 83.6 cm³/mol. The van der Waals surface area contributed by atoms with Gasteiger partial charge >= 0.3 is 5.97 Å². The van der Waals surface area contributed by atoms with E-state index in [4.69, 9.17) is 9.47 Å². The number of benzene rings is 1. The van der Waals surface area contributed by atoms with E-state index in [0.717, 1.165) is 25.0 Å². The van der Waals surface area contributed by atoms with Crippen molar-refractivity contribution in [2.75, 3.05) is 0 Å². The molecule has 2 rings (SSSR count). The molecule has 1 aromatic rings. The number of hydrogen-bond acceptors (Lipinski definition) is 3. The minimum atomic E-state index is -0.208. The maximum absolute atomic E-state index is 11.3. The van der Waals surface area contributed by atoms with E-state index in [1.54, 1.807) is 0 Å². The molecule has 1 fully saturated rings. The SMILES string of the molecule is CC(=O)OC1CCCCC1c1cccc(OC(C)(C)C)c1. The van der Waals surface area contributed by atoms with E-state index in [2.05, 4.69) is 12.1 Å². The van der Waals surface area contributed by atoms with E-state index < -0.39 is 0 Å². The van der Waals surface area contributed by atoms with Crippen molar-refractivity contribution in [3.8, 4) is 5.75 Å². The quantitative estimate of drug-likeness (QED) is 0.771. The molecule has 0 amide bonds. The first-order valence-corrected chi connectivity index (χ1v) is 7.81. The van der Waals surface area contributed by atoms with Crippen molar-refractivity contribution < 1.29 is 14.3 Å². The summed E-state index contributed by atoms with van der Waals surface area (Å²) in [7, 11) is 0. The third-order valence-electron chi connectivity index (χ3n) is 3.73. The van der Waals surface area contributed by atoms with Gasteiger partial charge in [0.15, 0.2) is 0 Å². The van der Waals surface area contributed by atoms with Crippen LogP contribution in [0, 0.1) is 0 Å². The van der Waals surface area contributed by atoms with Crippen molar-refractivity contribution in [3.05, 3.63) is 29.8 Å². The summed E-state index contributed by atoms with van der Waals surface area (Å²) in [5.74, 6) is 0.979. The molecule has 0 heterocycles. The molecular formula is C18H26O3. The van der Waals surface area contributed by atoms with Gasteiger partial charge in [-0.05, 0) is 57.7 Å². The zero-order valence-electron chi connectivity index (χ0n) is 13.5. The lowest BCUT2D eigenvalue weighted by molar-refractivity contribution is -0.148. The van der Waals surface area contributed by atoms with Crippen LogP contribution in [0.15, 0.2) is 24.3 Å². The highest BCUT2D eigenvalue weighted by atomic mass is 16.5. The van der Waals surface area contributed by atoms with Crippen LogP contribution >= 0.6 is 0 Å². The van der Waals surface area contributed by atoms with Crippen LogP contribution in [0.5, 0.6) is 5.75 Å². The summed E-state index contributed by atoms with van der Waals surface area (Å²) in [6, 6.07) is 8.22. The molecule has 1 aromatic carbocycles. The highest BCUT2D eigenvalue weighted by Crippen LogP contribution is 2.36. The fraction of sp³-hybridized carbons (Fsp3) is 0.611. The number of ether oxygens (including phenoxy) is 2. The van der Waals surface area contributed by atoms with Crippen molar-refractivity contribution in [1.82, 2.24) is 0 Å². The largest absolute Gasteiger partial charge is 0.488 e. The van der Waals surface area contributed by atoms with Gasteiger partial charge in [-0.15, -0.1) is 0 Å². The van der Waals surface area contributed by atoms with Crippen LogP contribution in [0.1, 0.15) is 64.9 Å². The van der Waals surface area contributed by atoms with Crippen LogP contribution in [-0.4, -0.2) is 17.7 Å². The van der Waals surface area contributed by atoms with Crippen LogP contribution in [0.2, 0.25) is 0 Å². The number of carbonyl (C=O) groups excluding carboxylic acids is 1. The van der Waals surface area contributed by atoms with Gasteiger partial charge in [-0.25, -0.2) is 0 Å². The van der Waals surface area contributed by atoms with Crippen LogP contribution in [0.4, 0.5) is 0 Å².